The van der Waals surface area contributed by atoms with Gasteiger partial charge in [0.15, 0.2) is 0 Å². The largest absolute Gasteiger partial charge is 0.398 e. The molecule has 0 heterocycles. The highest BCUT2D eigenvalue weighted by Gasteiger charge is 2.03. The lowest BCUT2D eigenvalue weighted by Crippen LogP contribution is -2.16. The highest BCUT2D eigenvalue weighted by Crippen LogP contribution is 2.14. The van der Waals surface area contributed by atoms with Crippen LogP contribution in [0.25, 0.3) is 0 Å². The SMILES string of the molecule is CON(C)Cc1ccc(F)cc1N. The Kier molecular flexibility index (Phi) is 3.22. The molecule has 1 aromatic rings. The van der Waals surface area contributed by atoms with Crippen molar-refractivity contribution in [3.8, 4) is 0 Å². The predicted octanol–water partition coefficient (Wildman–Crippen LogP) is 1.40. The second kappa shape index (κ2) is 4.20. The van der Waals surface area contributed by atoms with Crippen molar-refractivity contribution in [2.45, 2.75) is 6.54 Å². The van der Waals surface area contributed by atoms with E-state index >= 15 is 0 Å². The molecule has 0 spiro atoms. The first kappa shape index (κ1) is 9.95. The molecule has 0 aliphatic heterocycles. The maximum Gasteiger partial charge on any atom is 0.125 e. The van der Waals surface area contributed by atoms with Crippen molar-refractivity contribution in [3.05, 3.63) is 29.6 Å². The lowest BCUT2D eigenvalue weighted by atomic mass is 10.2. The molecule has 0 aliphatic carbocycles. The summed E-state index contributed by atoms with van der Waals surface area (Å²) in [6, 6.07) is 4.34. The van der Waals surface area contributed by atoms with E-state index in [4.69, 9.17) is 10.6 Å². The molecule has 0 saturated carbocycles. The number of nitrogen functional groups attached to an aromatic ring is 1. The second-order valence-electron chi connectivity index (χ2n) is 2.81. The molecule has 2 N–H and O–H groups in total. The Bertz CT molecular complexity index is 291. The summed E-state index contributed by atoms with van der Waals surface area (Å²) in [7, 11) is 3.35. The van der Waals surface area contributed by atoms with Gasteiger partial charge in [-0.05, 0) is 17.7 Å². The van der Waals surface area contributed by atoms with Gasteiger partial charge in [-0.15, -0.1) is 0 Å². The quantitative estimate of drug-likeness (QED) is 0.570. The van der Waals surface area contributed by atoms with Gasteiger partial charge in [0, 0.05) is 12.7 Å². The van der Waals surface area contributed by atoms with Crippen LogP contribution in [0, 0.1) is 5.82 Å². The van der Waals surface area contributed by atoms with E-state index in [1.807, 2.05) is 0 Å². The molecule has 1 rings (SSSR count). The van der Waals surface area contributed by atoms with Crippen LogP contribution < -0.4 is 5.73 Å². The summed E-state index contributed by atoms with van der Waals surface area (Å²) in [4.78, 5) is 4.92. The molecule has 0 atom stereocenters. The van der Waals surface area contributed by atoms with E-state index in [0.717, 1.165) is 5.56 Å². The molecular formula is C9H13FN2O. The van der Waals surface area contributed by atoms with E-state index in [1.54, 1.807) is 25.3 Å². The number of nitrogens with zero attached hydrogens (tertiary/aromatic N) is 1. The lowest BCUT2D eigenvalue weighted by Gasteiger charge is -2.14. The number of nitrogens with two attached hydrogens (primary N) is 1. The Morgan fingerprint density at radius 2 is 2.23 bits per heavy atom. The first-order valence-corrected chi connectivity index (χ1v) is 3.92. The lowest BCUT2D eigenvalue weighted by molar-refractivity contribution is -0.116. The topological polar surface area (TPSA) is 38.5 Å². The van der Waals surface area contributed by atoms with Crippen molar-refractivity contribution < 1.29 is 9.23 Å². The molecular weight excluding hydrogens is 171 g/mol. The van der Waals surface area contributed by atoms with E-state index in [1.165, 1.54) is 12.1 Å². The summed E-state index contributed by atoms with van der Waals surface area (Å²) in [6.45, 7) is 0.544. The average Bonchev–Trinajstić information content (AvgIpc) is 2.09. The van der Waals surface area contributed by atoms with Gasteiger partial charge in [0.05, 0.1) is 13.7 Å². The van der Waals surface area contributed by atoms with Gasteiger partial charge in [0.25, 0.3) is 0 Å². The fourth-order valence-electron chi connectivity index (χ4n) is 1.01. The highest BCUT2D eigenvalue weighted by molar-refractivity contribution is 5.46. The normalized spacial score (nSPS) is 10.8. The molecule has 0 fully saturated rings. The second-order valence-corrected chi connectivity index (χ2v) is 2.81. The summed E-state index contributed by atoms with van der Waals surface area (Å²) >= 11 is 0. The standard InChI is InChI=1S/C9H13FN2O/c1-12(13-2)6-7-3-4-8(10)5-9(7)11/h3-5H,6,11H2,1-2H3. The third-order valence-electron chi connectivity index (χ3n) is 1.81. The molecule has 0 bridgehead atoms. The van der Waals surface area contributed by atoms with Crippen LogP contribution in [0.4, 0.5) is 10.1 Å². The number of rotatable bonds is 3. The summed E-state index contributed by atoms with van der Waals surface area (Å²) in [5.41, 5.74) is 6.90. The highest BCUT2D eigenvalue weighted by atomic mass is 19.1. The van der Waals surface area contributed by atoms with Crippen molar-refractivity contribution in [3.63, 3.8) is 0 Å². The minimum Gasteiger partial charge on any atom is -0.398 e. The van der Waals surface area contributed by atoms with Gasteiger partial charge in [-0.1, -0.05) is 6.07 Å². The van der Waals surface area contributed by atoms with E-state index in [9.17, 15) is 4.39 Å². The smallest absolute Gasteiger partial charge is 0.125 e. The van der Waals surface area contributed by atoms with Gasteiger partial charge < -0.3 is 10.6 Å². The van der Waals surface area contributed by atoms with Gasteiger partial charge >= 0.3 is 0 Å². The molecule has 0 saturated heterocycles. The van der Waals surface area contributed by atoms with Crippen molar-refractivity contribution in [1.82, 2.24) is 5.06 Å². The molecule has 0 aromatic heterocycles. The molecule has 0 unspecified atom stereocenters. The molecule has 3 nitrogen and oxygen atoms in total. The maximum absolute atomic E-state index is 12.6. The van der Waals surface area contributed by atoms with Crippen molar-refractivity contribution in [2.75, 3.05) is 19.9 Å². The fourth-order valence-corrected chi connectivity index (χ4v) is 1.01. The number of hydrogen-bond donors (Lipinski definition) is 1. The zero-order valence-electron chi connectivity index (χ0n) is 7.75. The third-order valence-corrected chi connectivity index (χ3v) is 1.81. The predicted molar refractivity (Wildman–Crippen MR) is 49.3 cm³/mol. The Labute approximate surface area is 76.9 Å². The van der Waals surface area contributed by atoms with Crippen LogP contribution in [0.3, 0.4) is 0 Å². The summed E-state index contributed by atoms with van der Waals surface area (Å²) < 4.78 is 12.6. The van der Waals surface area contributed by atoms with Gasteiger partial charge in [-0.3, -0.25) is 0 Å². The van der Waals surface area contributed by atoms with E-state index < -0.39 is 0 Å². The fraction of sp³-hybridized carbons (Fsp3) is 0.333. The number of benzene rings is 1. The molecule has 1 aromatic carbocycles. The number of anilines is 1. The van der Waals surface area contributed by atoms with Crippen LogP contribution in [0.15, 0.2) is 18.2 Å². The van der Waals surface area contributed by atoms with Crippen molar-refractivity contribution in [2.24, 2.45) is 0 Å². The Hall–Kier alpha value is -1.13. The summed E-state index contributed by atoms with van der Waals surface area (Å²) in [5, 5.41) is 1.61. The van der Waals surface area contributed by atoms with Crippen molar-refractivity contribution >= 4 is 5.69 Å². The van der Waals surface area contributed by atoms with Gasteiger partial charge in [0.2, 0.25) is 0 Å². The van der Waals surface area contributed by atoms with Crippen molar-refractivity contribution in [1.29, 1.82) is 0 Å². The van der Waals surface area contributed by atoms with Crippen LogP contribution >= 0.6 is 0 Å². The molecule has 13 heavy (non-hydrogen) atoms. The zero-order valence-corrected chi connectivity index (χ0v) is 7.75. The zero-order chi connectivity index (χ0) is 9.84. The molecule has 0 amide bonds. The van der Waals surface area contributed by atoms with E-state index in [-0.39, 0.29) is 5.82 Å². The third kappa shape index (κ3) is 2.68. The summed E-state index contributed by atoms with van der Waals surface area (Å²) in [5.74, 6) is -0.318. The number of hydrogen-bond acceptors (Lipinski definition) is 3. The van der Waals surface area contributed by atoms with Gasteiger partial charge in [0.1, 0.15) is 5.82 Å². The van der Waals surface area contributed by atoms with Crippen LogP contribution in [0.5, 0.6) is 0 Å². The molecule has 4 heteroatoms. The van der Waals surface area contributed by atoms with E-state index in [2.05, 4.69) is 0 Å². The molecule has 72 valence electrons. The number of hydroxylamine groups is 2. The minimum atomic E-state index is -0.318. The van der Waals surface area contributed by atoms with Crippen LogP contribution in [-0.2, 0) is 11.4 Å². The Morgan fingerprint density at radius 3 is 2.77 bits per heavy atom. The summed E-state index contributed by atoms with van der Waals surface area (Å²) in [6.07, 6.45) is 0. The first-order chi connectivity index (χ1) is 6.13. The Morgan fingerprint density at radius 1 is 1.54 bits per heavy atom. The van der Waals surface area contributed by atoms with Gasteiger partial charge in [-0.25, -0.2) is 4.39 Å². The minimum absolute atomic E-state index is 0.318. The number of halogens is 1. The molecule has 0 radical (unpaired) electrons. The average molecular weight is 184 g/mol. The van der Waals surface area contributed by atoms with Crippen LogP contribution in [-0.4, -0.2) is 19.2 Å². The monoisotopic (exact) mass is 184 g/mol. The maximum atomic E-state index is 12.6. The van der Waals surface area contributed by atoms with Crippen LogP contribution in [0.2, 0.25) is 0 Å². The first-order valence-electron chi connectivity index (χ1n) is 3.92. The Balaban J connectivity index is 2.77. The van der Waals surface area contributed by atoms with Crippen LogP contribution in [0.1, 0.15) is 5.56 Å². The van der Waals surface area contributed by atoms with Gasteiger partial charge in [-0.2, -0.15) is 5.06 Å². The van der Waals surface area contributed by atoms with E-state index in [0.29, 0.717) is 12.2 Å². The molecule has 0 aliphatic rings.